The molecule has 0 bridgehead atoms. The quantitative estimate of drug-likeness (QED) is 0.781. The standard InChI is InChI=1S/C22H27N5O/c1-2-11-23-21-20-18(9-6-10-19(20)28)24-22(25-21)27-14-12-26(13-15-27)16-17-7-4-3-5-8-17/h2-5,7-8H,1,6,9-16H2,(H,23,24,25). The Morgan fingerprint density at radius 1 is 1.07 bits per heavy atom. The molecule has 2 aromatic rings. The predicted octanol–water partition coefficient (Wildman–Crippen LogP) is 2.92. The molecule has 2 heterocycles. The molecule has 4 rings (SSSR count). The molecule has 1 saturated heterocycles. The van der Waals surface area contributed by atoms with E-state index in [1.807, 2.05) is 0 Å². The van der Waals surface area contributed by atoms with Gasteiger partial charge >= 0.3 is 0 Å². The Kier molecular flexibility index (Phi) is 5.67. The molecule has 0 saturated carbocycles. The number of Topliss-reactive ketones (excluding diaryl/α,β-unsaturated/α-hetero) is 1. The molecule has 6 heteroatoms. The molecule has 1 aliphatic carbocycles. The molecular weight excluding hydrogens is 350 g/mol. The average Bonchev–Trinajstić information content (AvgIpc) is 2.73. The molecule has 2 aliphatic rings. The molecule has 1 fully saturated rings. The second kappa shape index (κ2) is 8.52. The van der Waals surface area contributed by atoms with Crippen LogP contribution in [-0.4, -0.2) is 53.4 Å². The minimum atomic E-state index is 0.145. The molecule has 146 valence electrons. The summed E-state index contributed by atoms with van der Waals surface area (Å²) in [4.78, 5) is 26.6. The van der Waals surface area contributed by atoms with E-state index in [0.717, 1.165) is 57.2 Å². The van der Waals surface area contributed by atoms with Crippen LogP contribution < -0.4 is 10.2 Å². The lowest BCUT2D eigenvalue weighted by Crippen LogP contribution is -2.46. The fraction of sp³-hybridized carbons (Fsp3) is 0.409. The lowest BCUT2D eigenvalue weighted by Gasteiger charge is -2.35. The van der Waals surface area contributed by atoms with E-state index in [2.05, 4.69) is 52.0 Å². The molecule has 1 aliphatic heterocycles. The number of carbonyl (C=O) groups excluding carboxylic acids is 1. The highest BCUT2D eigenvalue weighted by atomic mass is 16.1. The Balaban J connectivity index is 1.48. The smallest absolute Gasteiger partial charge is 0.227 e. The van der Waals surface area contributed by atoms with Crippen LogP contribution >= 0.6 is 0 Å². The molecule has 0 spiro atoms. The highest BCUT2D eigenvalue weighted by molar-refractivity contribution is 6.02. The zero-order valence-corrected chi connectivity index (χ0v) is 16.2. The van der Waals surface area contributed by atoms with Gasteiger partial charge in [0.25, 0.3) is 0 Å². The summed E-state index contributed by atoms with van der Waals surface area (Å²) in [6.07, 6.45) is 4.07. The summed E-state index contributed by atoms with van der Waals surface area (Å²) >= 11 is 0. The number of aromatic nitrogens is 2. The number of ketones is 1. The van der Waals surface area contributed by atoms with Gasteiger partial charge < -0.3 is 10.2 Å². The van der Waals surface area contributed by atoms with Crippen LogP contribution in [0.3, 0.4) is 0 Å². The number of rotatable bonds is 6. The fourth-order valence-electron chi connectivity index (χ4n) is 3.90. The van der Waals surface area contributed by atoms with Gasteiger partial charge in [-0.1, -0.05) is 36.4 Å². The largest absolute Gasteiger partial charge is 0.366 e. The maximum atomic E-state index is 12.4. The van der Waals surface area contributed by atoms with E-state index in [-0.39, 0.29) is 5.78 Å². The van der Waals surface area contributed by atoms with Crippen LogP contribution in [0.1, 0.15) is 34.5 Å². The first kappa shape index (κ1) is 18.6. The van der Waals surface area contributed by atoms with Crippen molar-refractivity contribution in [3.63, 3.8) is 0 Å². The number of hydrogen-bond donors (Lipinski definition) is 1. The van der Waals surface area contributed by atoms with Crippen LogP contribution in [0.2, 0.25) is 0 Å². The van der Waals surface area contributed by atoms with Crippen molar-refractivity contribution >= 4 is 17.5 Å². The van der Waals surface area contributed by atoms with Gasteiger partial charge in [0.15, 0.2) is 5.78 Å². The van der Waals surface area contributed by atoms with E-state index in [4.69, 9.17) is 9.97 Å². The van der Waals surface area contributed by atoms with Crippen molar-refractivity contribution in [3.8, 4) is 0 Å². The van der Waals surface area contributed by atoms with E-state index in [9.17, 15) is 4.79 Å². The maximum Gasteiger partial charge on any atom is 0.227 e. The number of anilines is 2. The van der Waals surface area contributed by atoms with Crippen LogP contribution in [0, 0.1) is 0 Å². The van der Waals surface area contributed by atoms with Gasteiger partial charge in [-0.3, -0.25) is 9.69 Å². The van der Waals surface area contributed by atoms with Gasteiger partial charge in [0.1, 0.15) is 5.82 Å². The highest BCUT2D eigenvalue weighted by Crippen LogP contribution is 2.28. The molecule has 0 unspecified atom stereocenters. The number of hydrogen-bond acceptors (Lipinski definition) is 6. The summed E-state index contributed by atoms with van der Waals surface area (Å²) in [5, 5.41) is 3.25. The van der Waals surface area contributed by atoms with Crippen LogP contribution in [-0.2, 0) is 13.0 Å². The van der Waals surface area contributed by atoms with Gasteiger partial charge in [-0.25, -0.2) is 4.98 Å². The first-order valence-corrected chi connectivity index (χ1v) is 10.0. The molecule has 0 amide bonds. The van der Waals surface area contributed by atoms with Crippen molar-refractivity contribution in [2.75, 3.05) is 42.9 Å². The van der Waals surface area contributed by atoms with Crippen LogP contribution in [0.5, 0.6) is 0 Å². The second-order valence-electron chi connectivity index (χ2n) is 7.39. The number of nitrogens with zero attached hydrogens (tertiary/aromatic N) is 4. The summed E-state index contributed by atoms with van der Waals surface area (Å²) < 4.78 is 0. The lowest BCUT2D eigenvalue weighted by atomic mass is 9.95. The van der Waals surface area contributed by atoms with Crippen molar-refractivity contribution in [3.05, 3.63) is 59.8 Å². The van der Waals surface area contributed by atoms with Gasteiger partial charge in [0.2, 0.25) is 5.95 Å². The Hall–Kier alpha value is -2.73. The second-order valence-corrected chi connectivity index (χ2v) is 7.39. The van der Waals surface area contributed by atoms with Crippen LogP contribution in [0.15, 0.2) is 43.0 Å². The zero-order valence-electron chi connectivity index (χ0n) is 16.2. The molecule has 1 aromatic carbocycles. The normalized spacial score (nSPS) is 17.3. The number of nitrogens with one attached hydrogen (secondary N) is 1. The predicted molar refractivity (Wildman–Crippen MR) is 112 cm³/mol. The molecule has 1 N–H and O–H groups in total. The van der Waals surface area contributed by atoms with E-state index < -0.39 is 0 Å². The van der Waals surface area contributed by atoms with Crippen molar-refractivity contribution < 1.29 is 4.79 Å². The van der Waals surface area contributed by atoms with Gasteiger partial charge in [0, 0.05) is 45.7 Å². The summed E-state index contributed by atoms with van der Waals surface area (Å²) in [6, 6.07) is 10.6. The van der Waals surface area contributed by atoms with E-state index in [1.54, 1.807) is 6.08 Å². The average molecular weight is 377 g/mol. The minimum absolute atomic E-state index is 0.145. The number of benzene rings is 1. The minimum Gasteiger partial charge on any atom is -0.366 e. The zero-order chi connectivity index (χ0) is 19.3. The van der Waals surface area contributed by atoms with Gasteiger partial charge in [-0.2, -0.15) is 4.98 Å². The molecule has 0 atom stereocenters. The third-order valence-electron chi connectivity index (χ3n) is 5.39. The molecule has 28 heavy (non-hydrogen) atoms. The van der Waals surface area contributed by atoms with E-state index in [1.165, 1.54) is 5.56 Å². The maximum absolute atomic E-state index is 12.4. The summed E-state index contributed by atoms with van der Waals surface area (Å²) in [5.41, 5.74) is 2.91. The highest BCUT2D eigenvalue weighted by Gasteiger charge is 2.27. The lowest BCUT2D eigenvalue weighted by molar-refractivity contribution is 0.0972. The number of fused-ring (bicyclic) bond motifs is 1. The van der Waals surface area contributed by atoms with Crippen molar-refractivity contribution in [1.29, 1.82) is 0 Å². The summed E-state index contributed by atoms with van der Waals surface area (Å²) in [6.45, 7) is 9.04. The van der Waals surface area contributed by atoms with E-state index >= 15 is 0 Å². The van der Waals surface area contributed by atoms with Crippen molar-refractivity contribution in [1.82, 2.24) is 14.9 Å². The summed E-state index contributed by atoms with van der Waals surface area (Å²) in [5.74, 6) is 1.54. The first-order chi connectivity index (χ1) is 13.7. The topological polar surface area (TPSA) is 61.4 Å². The van der Waals surface area contributed by atoms with Crippen molar-refractivity contribution in [2.24, 2.45) is 0 Å². The van der Waals surface area contributed by atoms with Gasteiger partial charge in [-0.05, 0) is 18.4 Å². The molecule has 1 aromatic heterocycles. The molecule has 6 nitrogen and oxygen atoms in total. The van der Waals surface area contributed by atoms with Gasteiger partial charge in [0.05, 0.1) is 11.3 Å². The third kappa shape index (κ3) is 4.07. The third-order valence-corrected chi connectivity index (χ3v) is 5.39. The molecular formula is C22H27N5O. The number of carbonyl (C=O) groups is 1. The fourth-order valence-corrected chi connectivity index (χ4v) is 3.90. The SMILES string of the molecule is C=CCNc1nc(N2CCN(Cc3ccccc3)CC2)nc2c1C(=O)CCC2. The van der Waals surface area contributed by atoms with Crippen molar-refractivity contribution in [2.45, 2.75) is 25.8 Å². The van der Waals surface area contributed by atoms with Gasteiger partial charge in [-0.15, -0.1) is 6.58 Å². The Bertz CT molecular complexity index is 844. The monoisotopic (exact) mass is 377 g/mol. The van der Waals surface area contributed by atoms with Crippen LogP contribution in [0.25, 0.3) is 0 Å². The Labute approximate surface area is 166 Å². The van der Waals surface area contributed by atoms with E-state index in [0.29, 0.717) is 24.3 Å². The number of aryl methyl sites for hydroxylation is 1. The first-order valence-electron chi connectivity index (χ1n) is 10.0. The Morgan fingerprint density at radius 2 is 1.86 bits per heavy atom. The Morgan fingerprint density at radius 3 is 2.61 bits per heavy atom. The number of piperazine rings is 1. The van der Waals surface area contributed by atoms with Crippen LogP contribution in [0.4, 0.5) is 11.8 Å². The molecule has 0 radical (unpaired) electrons. The summed E-state index contributed by atoms with van der Waals surface area (Å²) in [7, 11) is 0.